The minimum absolute atomic E-state index is 0.0847. The number of unbranched alkanes of at least 4 members (excludes halogenated alkanes) is 1. The summed E-state index contributed by atoms with van der Waals surface area (Å²) in [7, 11) is -3.76. The Hall–Kier alpha value is -1.15. The Morgan fingerprint density at radius 3 is 2.32 bits per heavy atom. The first kappa shape index (κ1) is 21.9. The average Bonchev–Trinajstić information content (AvgIpc) is 2.52. The monoisotopic (exact) mass is 389 g/mol. The number of halogens is 1. The van der Waals surface area contributed by atoms with E-state index in [1.165, 1.54) is 18.2 Å². The molecule has 0 aliphatic carbocycles. The van der Waals surface area contributed by atoms with E-state index in [2.05, 4.69) is 10.1 Å². The molecule has 1 aromatic rings. The van der Waals surface area contributed by atoms with E-state index in [4.69, 9.17) is 11.6 Å². The van der Waals surface area contributed by atoms with Crippen LogP contribution in [0.3, 0.4) is 0 Å². The van der Waals surface area contributed by atoms with Crippen molar-refractivity contribution in [1.82, 2.24) is 15.2 Å². The molecule has 0 atom stereocenters. The van der Waals surface area contributed by atoms with Crippen LogP contribution in [0.1, 0.15) is 57.8 Å². The van der Waals surface area contributed by atoms with Gasteiger partial charge in [0, 0.05) is 24.2 Å². The third kappa shape index (κ3) is 6.26. The summed E-state index contributed by atoms with van der Waals surface area (Å²) in [4.78, 5) is 12.4. The van der Waals surface area contributed by atoms with Crippen LogP contribution in [0.25, 0.3) is 0 Å². The maximum atomic E-state index is 12.5. The Morgan fingerprint density at radius 1 is 1.20 bits per heavy atom. The molecule has 0 unspecified atom stereocenters. The molecule has 25 heavy (non-hydrogen) atoms. The minimum Gasteiger partial charge on any atom is -0.284 e. The molecule has 142 valence electrons. The summed E-state index contributed by atoms with van der Waals surface area (Å²) >= 11 is 6.04. The molecule has 8 heteroatoms. The maximum absolute atomic E-state index is 12.5. The largest absolute Gasteiger partial charge is 0.284 e. The molecule has 0 aliphatic heterocycles. The number of carbonyl (C=O) groups is 1. The number of hydrogen-bond donors (Lipinski definition) is 2. The first-order valence-corrected chi connectivity index (χ1v) is 10.3. The van der Waals surface area contributed by atoms with Crippen molar-refractivity contribution in [1.29, 1.82) is 0 Å². The predicted molar refractivity (Wildman–Crippen MR) is 101 cm³/mol. The van der Waals surface area contributed by atoms with Crippen LogP contribution in [0.4, 0.5) is 0 Å². The van der Waals surface area contributed by atoms with E-state index < -0.39 is 10.0 Å². The molecule has 0 spiro atoms. The molecule has 1 aromatic carbocycles. The van der Waals surface area contributed by atoms with E-state index >= 15 is 0 Å². The van der Waals surface area contributed by atoms with Crippen LogP contribution in [0.15, 0.2) is 23.1 Å². The molecule has 0 heterocycles. The molecule has 0 fully saturated rings. The summed E-state index contributed by atoms with van der Waals surface area (Å²) < 4.78 is 27.3. The summed E-state index contributed by atoms with van der Waals surface area (Å²) in [6, 6.07) is 4.47. The van der Waals surface area contributed by atoms with E-state index in [9.17, 15) is 13.2 Å². The first-order chi connectivity index (χ1) is 11.6. The molecule has 0 radical (unpaired) electrons. The zero-order valence-corrected chi connectivity index (χ0v) is 17.0. The van der Waals surface area contributed by atoms with Crippen LogP contribution in [0.5, 0.6) is 0 Å². The van der Waals surface area contributed by atoms with Gasteiger partial charge in [-0.15, -0.1) is 0 Å². The van der Waals surface area contributed by atoms with Gasteiger partial charge in [-0.2, -0.15) is 0 Å². The first-order valence-electron chi connectivity index (χ1n) is 8.48. The molecular weight excluding hydrogens is 362 g/mol. The molecule has 1 amide bonds. The number of nitrogens with one attached hydrogen (secondary N) is 2. The number of carbonyl (C=O) groups excluding carboxylic acids is 1. The van der Waals surface area contributed by atoms with Gasteiger partial charge in [-0.05, 0) is 52.3 Å². The SMILES string of the molecule is CCCCNS(=O)(=O)c1cc(C(=O)NN(C(C)C)C(C)C)ccc1Cl. The fourth-order valence-corrected chi connectivity index (χ4v) is 3.95. The topological polar surface area (TPSA) is 78.5 Å². The molecule has 2 N–H and O–H groups in total. The van der Waals surface area contributed by atoms with Gasteiger partial charge in [0.15, 0.2) is 0 Å². The summed E-state index contributed by atoms with van der Waals surface area (Å²) in [6.45, 7) is 10.2. The number of sulfonamides is 1. The summed E-state index contributed by atoms with van der Waals surface area (Å²) in [6.07, 6.45) is 1.60. The van der Waals surface area contributed by atoms with Crippen LogP contribution in [0.2, 0.25) is 5.02 Å². The fourth-order valence-electron chi connectivity index (χ4n) is 2.35. The highest BCUT2D eigenvalue weighted by Crippen LogP contribution is 2.23. The number of hydrogen-bond acceptors (Lipinski definition) is 4. The van der Waals surface area contributed by atoms with E-state index in [0.717, 1.165) is 12.8 Å². The van der Waals surface area contributed by atoms with Crippen LogP contribution >= 0.6 is 11.6 Å². The quantitative estimate of drug-likeness (QED) is 0.502. The lowest BCUT2D eigenvalue weighted by Crippen LogP contribution is -2.50. The van der Waals surface area contributed by atoms with Gasteiger partial charge >= 0.3 is 0 Å². The molecule has 0 aromatic heterocycles. The van der Waals surface area contributed by atoms with Crippen molar-refractivity contribution in [3.8, 4) is 0 Å². The van der Waals surface area contributed by atoms with Crippen molar-refractivity contribution in [3.05, 3.63) is 28.8 Å². The van der Waals surface area contributed by atoms with Crippen LogP contribution in [0, 0.1) is 0 Å². The third-order valence-electron chi connectivity index (χ3n) is 3.65. The Kier molecular flexibility index (Phi) is 8.34. The lowest BCUT2D eigenvalue weighted by Gasteiger charge is -2.30. The van der Waals surface area contributed by atoms with Crippen molar-refractivity contribution in [3.63, 3.8) is 0 Å². The Balaban J connectivity index is 3.06. The zero-order chi connectivity index (χ0) is 19.2. The summed E-state index contributed by atoms with van der Waals surface area (Å²) in [5, 5.41) is 1.90. The van der Waals surface area contributed by atoms with Crippen molar-refractivity contribution in [2.24, 2.45) is 0 Å². The van der Waals surface area contributed by atoms with Crippen LogP contribution < -0.4 is 10.1 Å². The van der Waals surface area contributed by atoms with E-state index in [1.807, 2.05) is 39.6 Å². The number of rotatable bonds is 9. The normalized spacial score (nSPS) is 12.2. The van der Waals surface area contributed by atoms with E-state index in [0.29, 0.717) is 6.54 Å². The second-order valence-corrected chi connectivity index (χ2v) is 8.57. The predicted octanol–water partition coefficient (Wildman–Crippen LogP) is 3.18. The van der Waals surface area contributed by atoms with Crippen molar-refractivity contribution < 1.29 is 13.2 Å². The molecule has 1 rings (SSSR count). The van der Waals surface area contributed by atoms with Gasteiger partial charge in [0.2, 0.25) is 10.0 Å². The molecule has 0 saturated carbocycles. The fraction of sp³-hybridized carbons (Fsp3) is 0.588. The Morgan fingerprint density at radius 2 is 1.80 bits per heavy atom. The lowest BCUT2D eigenvalue weighted by atomic mass is 10.2. The highest BCUT2D eigenvalue weighted by Gasteiger charge is 2.22. The average molecular weight is 390 g/mol. The van der Waals surface area contributed by atoms with Crippen molar-refractivity contribution in [2.45, 2.75) is 64.4 Å². The Labute approximate surface area is 156 Å². The van der Waals surface area contributed by atoms with Gasteiger partial charge in [0.1, 0.15) is 4.90 Å². The van der Waals surface area contributed by atoms with E-state index in [-0.39, 0.29) is 33.5 Å². The van der Waals surface area contributed by atoms with Gasteiger partial charge < -0.3 is 0 Å². The minimum atomic E-state index is -3.76. The summed E-state index contributed by atoms with van der Waals surface area (Å²) in [5.41, 5.74) is 3.06. The third-order valence-corrected chi connectivity index (χ3v) is 5.59. The molecule has 0 saturated heterocycles. The highest BCUT2D eigenvalue weighted by atomic mass is 35.5. The molecular formula is C17H28ClN3O3S. The highest BCUT2D eigenvalue weighted by molar-refractivity contribution is 7.89. The van der Waals surface area contributed by atoms with Crippen LogP contribution in [-0.4, -0.2) is 38.0 Å². The molecule has 0 aliphatic rings. The van der Waals surface area contributed by atoms with Gasteiger partial charge in [-0.3, -0.25) is 10.2 Å². The lowest BCUT2D eigenvalue weighted by molar-refractivity contribution is 0.0622. The summed E-state index contributed by atoms with van der Waals surface area (Å²) in [5.74, 6) is -0.371. The number of nitrogens with zero attached hydrogens (tertiary/aromatic N) is 1. The van der Waals surface area contributed by atoms with Gasteiger partial charge in [-0.25, -0.2) is 18.1 Å². The zero-order valence-electron chi connectivity index (χ0n) is 15.5. The van der Waals surface area contributed by atoms with Crippen molar-refractivity contribution in [2.75, 3.05) is 6.54 Å². The number of benzene rings is 1. The number of amides is 1. The smallest absolute Gasteiger partial charge is 0.265 e. The maximum Gasteiger partial charge on any atom is 0.265 e. The van der Waals surface area contributed by atoms with Crippen LogP contribution in [-0.2, 0) is 10.0 Å². The van der Waals surface area contributed by atoms with Crippen molar-refractivity contribution >= 4 is 27.5 Å². The Bertz CT molecular complexity index is 682. The molecule has 6 nitrogen and oxygen atoms in total. The second kappa shape index (κ2) is 9.52. The molecule has 0 bridgehead atoms. The van der Waals surface area contributed by atoms with Gasteiger partial charge in [0.05, 0.1) is 5.02 Å². The van der Waals surface area contributed by atoms with Gasteiger partial charge in [0.25, 0.3) is 5.91 Å². The second-order valence-electron chi connectivity index (χ2n) is 6.43. The van der Waals surface area contributed by atoms with Gasteiger partial charge in [-0.1, -0.05) is 24.9 Å². The number of hydrazine groups is 1. The van der Waals surface area contributed by atoms with E-state index in [1.54, 1.807) is 0 Å². The standard InChI is InChI=1S/C17H28ClN3O3S/c1-6-7-10-19-25(23,24)16-11-14(8-9-15(16)18)17(22)20-21(12(2)3)13(4)5/h8-9,11-13,19H,6-7,10H2,1-5H3,(H,20,22).